The molecular weight excluding hydrogens is 286 g/mol. The molecule has 21 heavy (non-hydrogen) atoms. The van der Waals surface area contributed by atoms with Gasteiger partial charge in [0.15, 0.2) is 0 Å². The highest BCUT2D eigenvalue weighted by Gasteiger charge is 2.27. The van der Waals surface area contributed by atoms with Crippen molar-refractivity contribution in [2.75, 3.05) is 12.4 Å². The Morgan fingerprint density at radius 2 is 2.29 bits per heavy atom. The lowest BCUT2D eigenvalue weighted by molar-refractivity contribution is -0.0204. The summed E-state index contributed by atoms with van der Waals surface area (Å²) in [7, 11) is 0. The summed E-state index contributed by atoms with van der Waals surface area (Å²) < 4.78 is 7.91. The Balaban J connectivity index is 1.87. The maximum atomic E-state index is 9.20. The second-order valence-corrected chi connectivity index (χ2v) is 6.83. The van der Waals surface area contributed by atoms with E-state index < -0.39 is 0 Å². The average molecular weight is 307 g/mol. The fourth-order valence-corrected chi connectivity index (χ4v) is 3.49. The lowest BCUT2D eigenvalue weighted by Gasteiger charge is -2.14. The van der Waals surface area contributed by atoms with Crippen LogP contribution in [0.4, 0.5) is 0 Å². The van der Waals surface area contributed by atoms with Crippen molar-refractivity contribution >= 4 is 22.8 Å². The molecule has 3 heterocycles. The predicted molar refractivity (Wildman–Crippen MR) is 83.3 cm³/mol. The number of ether oxygens (including phenoxy) is 1. The molecule has 1 aliphatic rings. The van der Waals surface area contributed by atoms with Crippen molar-refractivity contribution in [3.63, 3.8) is 0 Å². The van der Waals surface area contributed by atoms with Gasteiger partial charge in [0.25, 0.3) is 0 Å². The maximum Gasteiger partial charge on any atom is 0.146 e. The third kappa shape index (κ3) is 3.07. The Labute approximate surface area is 128 Å². The molecule has 0 bridgehead atoms. The maximum absolute atomic E-state index is 9.20. The monoisotopic (exact) mass is 307 g/mol. The van der Waals surface area contributed by atoms with Gasteiger partial charge in [0.05, 0.1) is 18.1 Å². The zero-order chi connectivity index (χ0) is 14.8. The Morgan fingerprint density at radius 1 is 1.43 bits per heavy atom. The largest absolute Gasteiger partial charge is 0.394 e. The first-order valence-corrected chi connectivity index (χ1v) is 8.38. The van der Waals surface area contributed by atoms with E-state index in [1.807, 2.05) is 6.20 Å². The molecule has 1 saturated heterocycles. The molecule has 0 aromatic carbocycles. The average Bonchev–Trinajstić information content (AvgIpc) is 3.10. The molecule has 0 saturated carbocycles. The standard InChI is InChI=1S/C15H21N3O2S/c1-10(2)8-21-15-12-5-6-18(14(12)16-9-17-15)13-4-3-11(7-19)20-13/h5-6,9-11,13,19H,3-4,7-8H2,1-2H3. The van der Waals surface area contributed by atoms with Gasteiger partial charge in [0.2, 0.25) is 0 Å². The summed E-state index contributed by atoms with van der Waals surface area (Å²) >= 11 is 1.77. The number of aliphatic hydroxyl groups excluding tert-OH is 1. The van der Waals surface area contributed by atoms with E-state index in [0.29, 0.717) is 5.92 Å². The van der Waals surface area contributed by atoms with Crippen LogP contribution in [0.3, 0.4) is 0 Å². The van der Waals surface area contributed by atoms with E-state index >= 15 is 0 Å². The Bertz CT molecular complexity index is 614. The van der Waals surface area contributed by atoms with Crippen molar-refractivity contribution in [2.24, 2.45) is 5.92 Å². The smallest absolute Gasteiger partial charge is 0.146 e. The highest BCUT2D eigenvalue weighted by Crippen LogP contribution is 2.33. The number of hydrogen-bond acceptors (Lipinski definition) is 5. The van der Waals surface area contributed by atoms with Gasteiger partial charge in [0, 0.05) is 11.9 Å². The third-order valence-corrected chi connectivity index (χ3v) is 5.06. The number of thioether (sulfide) groups is 1. The van der Waals surface area contributed by atoms with Crippen molar-refractivity contribution in [1.29, 1.82) is 0 Å². The van der Waals surface area contributed by atoms with Crippen LogP contribution in [-0.2, 0) is 4.74 Å². The van der Waals surface area contributed by atoms with E-state index in [0.717, 1.165) is 34.7 Å². The molecule has 1 aliphatic heterocycles. The molecule has 2 aromatic heterocycles. The van der Waals surface area contributed by atoms with Crippen LogP contribution in [-0.4, -0.2) is 38.1 Å². The van der Waals surface area contributed by atoms with Crippen LogP contribution in [0.25, 0.3) is 11.0 Å². The lowest BCUT2D eigenvalue weighted by atomic mass is 10.2. The fraction of sp³-hybridized carbons (Fsp3) is 0.600. The minimum Gasteiger partial charge on any atom is -0.394 e. The van der Waals surface area contributed by atoms with Gasteiger partial charge in [-0.25, -0.2) is 9.97 Å². The molecule has 0 aliphatic carbocycles. The molecule has 2 atom stereocenters. The zero-order valence-electron chi connectivity index (χ0n) is 12.4. The van der Waals surface area contributed by atoms with Crippen molar-refractivity contribution in [1.82, 2.24) is 14.5 Å². The van der Waals surface area contributed by atoms with Gasteiger partial charge >= 0.3 is 0 Å². The lowest BCUT2D eigenvalue weighted by Crippen LogP contribution is -2.14. The van der Waals surface area contributed by atoms with Crippen LogP contribution in [0.1, 0.15) is 32.9 Å². The summed E-state index contributed by atoms with van der Waals surface area (Å²) in [5, 5.41) is 11.3. The molecule has 2 unspecified atom stereocenters. The normalized spacial score (nSPS) is 22.5. The van der Waals surface area contributed by atoms with Gasteiger partial charge in [-0.2, -0.15) is 0 Å². The summed E-state index contributed by atoms with van der Waals surface area (Å²) in [5.41, 5.74) is 0.917. The first-order chi connectivity index (χ1) is 10.2. The third-order valence-electron chi connectivity index (χ3n) is 3.63. The van der Waals surface area contributed by atoms with Crippen LogP contribution in [0, 0.1) is 5.92 Å². The minimum atomic E-state index is -0.0518. The SMILES string of the molecule is CC(C)CSc1ncnc2c1ccn2C1CCC(CO)O1. The van der Waals surface area contributed by atoms with Gasteiger partial charge in [0.1, 0.15) is 23.2 Å². The molecule has 114 valence electrons. The summed E-state index contributed by atoms with van der Waals surface area (Å²) in [5.74, 6) is 1.68. The van der Waals surface area contributed by atoms with Crippen molar-refractivity contribution in [2.45, 2.75) is 44.0 Å². The number of hydrogen-bond donors (Lipinski definition) is 1. The molecule has 0 spiro atoms. The van der Waals surface area contributed by atoms with E-state index in [-0.39, 0.29) is 18.9 Å². The van der Waals surface area contributed by atoms with Crippen molar-refractivity contribution in [3.05, 3.63) is 18.6 Å². The van der Waals surface area contributed by atoms with E-state index in [1.54, 1.807) is 18.1 Å². The summed E-state index contributed by atoms with van der Waals surface area (Å²) in [6.45, 7) is 4.50. The molecule has 0 amide bonds. The van der Waals surface area contributed by atoms with Crippen molar-refractivity contribution in [3.8, 4) is 0 Å². The Kier molecular flexibility index (Phi) is 4.47. The Morgan fingerprint density at radius 3 is 3.00 bits per heavy atom. The van der Waals surface area contributed by atoms with Gasteiger partial charge < -0.3 is 14.4 Å². The quantitative estimate of drug-likeness (QED) is 0.680. The first-order valence-electron chi connectivity index (χ1n) is 7.39. The number of aliphatic hydroxyl groups is 1. The molecule has 3 rings (SSSR count). The second kappa shape index (κ2) is 6.34. The molecule has 5 nitrogen and oxygen atoms in total. The first kappa shape index (κ1) is 14.8. The predicted octanol–water partition coefficient (Wildman–Crippen LogP) is 2.85. The Hall–Kier alpha value is -1.11. The van der Waals surface area contributed by atoms with Gasteiger partial charge in [-0.15, -0.1) is 11.8 Å². The van der Waals surface area contributed by atoms with E-state index in [2.05, 4.69) is 34.4 Å². The van der Waals surface area contributed by atoms with Crippen LogP contribution < -0.4 is 0 Å². The molecule has 0 radical (unpaired) electrons. The van der Waals surface area contributed by atoms with Gasteiger partial charge in [-0.3, -0.25) is 0 Å². The highest BCUT2D eigenvalue weighted by atomic mass is 32.2. The molecular formula is C15H21N3O2S. The molecule has 1 fully saturated rings. The second-order valence-electron chi connectivity index (χ2n) is 5.82. The fourth-order valence-electron chi connectivity index (χ4n) is 2.57. The van der Waals surface area contributed by atoms with E-state index in [1.165, 1.54) is 0 Å². The number of fused-ring (bicyclic) bond motifs is 1. The van der Waals surface area contributed by atoms with Crippen molar-refractivity contribution < 1.29 is 9.84 Å². The molecule has 6 heteroatoms. The summed E-state index contributed by atoms with van der Waals surface area (Å²) in [4.78, 5) is 8.83. The minimum absolute atomic E-state index is 0.0301. The van der Waals surface area contributed by atoms with E-state index in [9.17, 15) is 5.11 Å². The van der Waals surface area contributed by atoms with Crippen LogP contribution in [0.5, 0.6) is 0 Å². The number of aromatic nitrogens is 3. The van der Waals surface area contributed by atoms with Crippen LogP contribution in [0.2, 0.25) is 0 Å². The summed E-state index contributed by atoms with van der Waals surface area (Å²) in [6, 6.07) is 2.06. The number of nitrogens with zero attached hydrogens (tertiary/aromatic N) is 3. The topological polar surface area (TPSA) is 60.2 Å². The zero-order valence-corrected chi connectivity index (χ0v) is 13.2. The molecule has 1 N–H and O–H groups in total. The molecule has 2 aromatic rings. The number of rotatable bonds is 5. The van der Waals surface area contributed by atoms with Gasteiger partial charge in [-0.05, 0) is 24.8 Å². The highest BCUT2D eigenvalue weighted by molar-refractivity contribution is 7.99. The van der Waals surface area contributed by atoms with E-state index in [4.69, 9.17) is 4.74 Å². The van der Waals surface area contributed by atoms with Gasteiger partial charge in [-0.1, -0.05) is 13.8 Å². The summed E-state index contributed by atoms with van der Waals surface area (Å²) in [6.07, 6.45) is 5.36. The van der Waals surface area contributed by atoms with Crippen LogP contribution in [0.15, 0.2) is 23.6 Å². The van der Waals surface area contributed by atoms with Crippen LogP contribution >= 0.6 is 11.8 Å².